The Hall–Kier alpha value is -2.99. The molecule has 3 N–H and O–H groups in total. The molecule has 35 heavy (non-hydrogen) atoms. The van der Waals surface area contributed by atoms with Gasteiger partial charge in [0.2, 0.25) is 6.23 Å². The molecule has 2 aromatic rings. The Labute approximate surface area is 200 Å². The first-order valence-corrected chi connectivity index (χ1v) is 11.3. The van der Waals surface area contributed by atoms with Gasteiger partial charge in [-0.1, -0.05) is 18.2 Å². The molecule has 190 valence electrons. The van der Waals surface area contributed by atoms with Crippen molar-refractivity contribution in [2.24, 2.45) is 0 Å². The first kappa shape index (κ1) is 26.6. The number of esters is 1. The van der Waals surface area contributed by atoms with Gasteiger partial charge in [0.25, 0.3) is 5.92 Å². The van der Waals surface area contributed by atoms with Crippen molar-refractivity contribution in [3.8, 4) is 5.75 Å². The Kier molecular flexibility index (Phi) is 8.16. The topological polar surface area (TPSA) is 144 Å². The van der Waals surface area contributed by atoms with Gasteiger partial charge in [0.05, 0.1) is 12.5 Å². The summed E-state index contributed by atoms with van der Waals surface area (Å²) in [6.45, 7) is 4.65. The SMILES string of the molecule is CC(C)OC(=O)[C@H](C)NC(OP=O)(Oc1ccccc1)[C@H]1CC(F)(F)[C@H](n2ccc(N)nc2=O)O1. The molecule has 0 amide bonds. The molecule has 0 saturated carbocycles. The van der Waals surface area contributed by atoms with Crippen LogP contribution in [0.1, 0.15) is 33.4 Å². The lowest BCUT2D eigenvalue weighted by atomic mass is 10.1. The second-order valence-electron chi connectivity index (χ2n) is 8.08. The molecule has 0 aliphatic carbocycles. The van der Waals surface area contributed by atoms with Crippen molar-refractivity contribution in [2.45, 2.75) is 63.5 Å². The van der Waals surface area contributed by atoms with Crippen molar-refractivity contribution in [1.29, 1.82) is 0 Å². The van der Waals surface area contributed by atoms with Crippen LogP contribution in [-0.4, -0.2) is 45.6 Å². The summed E-state index contributed by atoms with van der Waals surface area (Å²) in [5, 5.41) is 2.65. The van der Waals surface area contributed by atoms with E-state index in [2.05, 4.69) is 10.3 Å². The van der Waals surface area contributed by atoms with E-state index < -0.39 is 63.1 Å². The third-order valence-corrected chi connectivity index (χ3v) is 5.29. The second-order valence-corrected chi connectivity index (χ2v) is 8.42. The normalized spacial score (nSPS) is 22.0. The summed E-state index contributed by atoms with van der Waals surface area (Å²) in [6, 6.07) is 7.90. The maximum atomic E-state index is 15.1. The summed E-state index contributed by atoms with van der Waals surface area (Å²) in [6.07, 6.45) is -4.25. The van der Waals surface area contributed by atoms with Crippen LogP contribution in [0.15, 0.2) is 47.4 Å². The molecule has 1 aromatic carbocycles. The number of nitrogens with one attached hydrogen (secondary N) is 1. The Morgan fingerprint density at radius 2 is 2.00 bits per heavy atom. The van der Waals surface area contributed by atoms with Crippen molar-refractivity contribution in [1.82, 2.24) is 14.9 Å². The molecule has 0 bridgehead atoms. The van der Waals surface area contributed by atoms with Crippen LogP contribution in [0.3, 0.4) is 0 Å². The van der Waals surface area contributed by atoms with Gasteiger partial charge in [-0.15, -0.1) is 0 Å². The standard InChI is InChI=1S/C21H25F2N4O7P/c1-12(2)31-17(28)13(3)26-21(34-35-30,33-14-7-5-4-6-8-14)15-11-20(22,23)18(32-15)27-10-9-16(24)25-19(27)29/h4-10,12-13,15,18,26H,11H2,1-3H3,(H2,24,25,29)/t13-,15+,18+,21?/m0/s1. The molecule has 1 aromatic heterocycles. The van der Waals surface area contributed by atoms with E-state index in [4.69, 9.17) is 24.5 Å². The molecular formula is C21H25F2N4O7P. The molecule has 0 radical (unpaired) electrons. The number of rotatable bonds is 10. The van der Waals surface area contributed by atoms with Gasteiger partial charge in [-0.3, -0.25) is 9.36 Å². The van der Waals surface area contributed by atoms with Crippen LogP contribution >= 0.6 is 8.69 Å². The van der Waals surface area contributed by atoms with E-state index in [1.54, 1.807) is 32.0 Å². The number of halogens is 2. The zero-order valence-corrected chi connectivity index (χ0v) is 20.0. The average Bonchev–Trinajstić information content (AvgIpc) is 3.09. The molecule has 2 heterocycles. The number of anilines is 1. The second kappa shape index (κ2) is 10.7. The van der Waals surface area contributed by atoms with Gasteiger partial charge >= 0.3 is 26.3 Å². The number of aromatic nitrogens is 2. The number of carbonyl (C=O) groups is 1. The minimum atomic E-state index is -3.62. The number of hydrogen-bond donors (Lipinski definition) is 2. The Morgan fingerprint density at radius 3 is 2.60 bits per heavy atom. The molecule has 1 fully saturated rings. The maximum Gasteiger partial charge on any atom is 0.351 e. The smallest absolute Gasteiger partial charge is 0.351 e. The molecule has 1 saturated heterocycles. The molecule has 4 atom stereocenters. The molecule has 3 rings (SSSR count). The third kappa shape index (κ3) is 6.17. The number of nitrogens with two attached hydrogens (primary N) is 1. The van der Waals surface area contributed by atoms with Crippen LogP contribution in [0.5, 0.6) is 5.75 Å². The van der Waals surface area contributed by atoms with Crippen LogP contribution in [0.25, 0.3) is 0 Å². The van der Waals surface area contributed by atoms with Gasteiger partial charge in [-0.25, -0.2) is 28.0 Å². The molecule has 11 nitrogen and oxygen atoms in total. The highest BCUT2D eigenvalue weighted by Crippen LogP contribution is 2.46. The van der Waals surface area contributed by atoms with Gasteiger partial charge in [0.1, 0.15) is 23.7 Å². The van der Waals surface area contributed by atoms with E-state index >= 15 is 8.78 Å². The van der Waals surface area contributed by atoms with E-state index in [-0.39, 0.29) is 11.6 Å². The van der Waals surface area contributed by atoms with Gasteiger partial charge in [-0.05, 0) is 39.0 Å². The number of alkyl halides is 2. The first-order chi connectivity index (χ1) is 16.5. The number of hydrogen-bond acceptors (Lipinski definition) is 10. The molecule has 0 spiro atoms. The summed E-state index contributed by atoms with van der Waals surface area (Å²) in [5.74, 6) is -6.74. The zero-order valence-electron chi connectivity index (χ0n) is 19.1. The van der Waals surface area contributed by atoms with E-state index in [9.17, 15) is 14.2 Å². The lowest BCUT2D eigenvalue weighted by Gasteiger charge is -2.37. The van der Waals surface area contributed by atoms with Gasteiger partial charge < -0.3 is 19.9 Å². The van der Waals surface area contributed by atoms with E-state index in [1.807, 2.05) is 0 Å². The number of nitrogen functional groups attached to an aromatic ring is 1. The highest BCUT2D eigenvalue weighted by atomic mass is 31.1. The number of nitrogens with zero attached hydrogens (tertiary/aromatic N) is 2. The summed E-state index contributed by atoms with van der Waals surface area (Å²) >= 11 is 0. The fourth-order valence-electron chi connectivity index (χ4n) is 3.45. The largest absolute Gasteiger partial charge is 0.462 e. The van der Waals surface area contributed by atoms with Crippen LogP contribution in [0.2, 0.25) is 0 Å². The van der Waals surface area contributed by atoms with Gasteiger partial charge in [-0.2, -0.15) is 4.98 Å². The van der Waals surface area contributed by atoms with Crippen molar-refractivity contribution in [2.75, 3.05) is 5.73 Å². The number of carbonyl (C=O) groups excluding carboxylic acids is 1. The monoisotopic (exact) mass is 514 g/mol. The summed E-state index contributed by atoms with van der Waals surface area (Å²) in [7, 11) is -0.963. The van der Waals surface area contributed by atoms with Crippen LogP contribution in [0, 0.1) is 0 Å². The molecule has 1 aliphatic heterocycles. The lowest BCUT2D eigenvalue weighted by Crippen LogP contribution is -2.63. The predicted molar refractivity (Wildman–Crippen MR) is 119 cm³/mol. The van der Waals surface area contributed by atoms with E-state index in [0.717, 1.165) is 12.3 Å². The lowest BCUT2D eigenvalue weighted by molar-refractivity contribution is -0.228. The van der Waals surface area contributed by atoms with Crippen molar-refractivity contribution in [3.05, 3.63) is 53.1 Å². The van der Waals surface area contributed by atoms with Crippen molar-refractivity contribution < 1.29 is 36.9 Å². The van der Waals surface area contributed by atoms with Crippen LogP contribution < -0.4 is 21.5 Å². The quantitative estimate of drug-likeness (QED) is 0.276. The van der Waals surface area contributed by atoms with Gasteiger partial charge in [0.15, 0.2) is 0 Å². The Bertz CT molecular complexity index is 1100. The molecule has 1 unspecified atom stereocenters. The average molecular weight is 514 g/mol. The van der Waals surface area contributed by atoms with Crippen molar-refractivity contribution >= 4 is 20.5 Å². The van der Waals surface area contributed by atoms with E-state index in [1.165, 1.54) is 19.1 Å². The highest BCUT2D eigenvalue weighted by Gasteiger charge is 2.61. The Morgan fingerprint density at radius 1 is 1.31 bits per heavy atom. The third-order valence-electron chi connectivity index (χ3n) is 4.95. The zero-order chi connectivity index (χ0) is 25.8. The minimum Gasteiger partial charge on any atom is -0.462 e. The highest BCUT2D eigenvalue weighted by molar-refractivity contribution is 7.17. The number of para-hydroxylation sites is 1. The first-order valence-electron chi connectivity index (χ1n) is 10.6. The molecule has 1 aliphatic rings. The van der Waals surface area contributed by atoms with E-state index in [0.29, 0.717) is 4.57 Å². The summed E-state index contributed by atoms with van der Waals surface area (Å²) < 4.78 is 64.3. The summed E-state index contributed by atoms with van der Waals surface area (Å²) in [5.41, 5.74) is 4.39. The van der Waals surface area contributed by atoms with Gasteiger partial charge in [0, 0.05) is 6.20 Å². The van der Waals surface area contributed by atoms with Crippen LogP contribution in [-0.2, 0) is 23.4 Å². The van der Waals surface area contributed by atoms with Crippen LogP contribution in [0.4, 0.5) is 14.6 Å². The summed E-state index contributed by atoms with van der Waals surface area (Å²) in [4.78, 5) is 28.1. The minimum absolute atomic E-state index is 0.134. The fraction of sp³-hybridized carbons (Fsp3) is 0.476. The number of benzene rings is 1. The van der Waals surface area contributed by atoms with Crippen molar-refractivity contribution in [3.63, 3.8) is 0 Å². The molecular weight excluding hydrogens is 489 g/mol. The Balaban J connectivity index is 2.02. The maximum absolute atomic E-state index is 15.1. The molecule has 14 heteroatoms. The number of ether oxygens (including phenoxy) is 3. The fourth-order valence-corrected chi connectivity index (χ4v) is 3.77. The predicted octanol–water partition coefficient (Wildman–Crippen LogP) is 2.63.